The molecule has 2 N–H and O–H groups in total. The highest BCUT2D eigenvalue weighted by atomic mass is 15.2. The molecule has 1 aromatic heterocycles. The molecule has 122 valence electrons. The standard InChI is InChI=1S/C17H29N5/c1-2-10-22-11-8-15(9-12-22)20-16(17-18-13-19-21-17)14-6-4-3-5-7-14/h2,13-16,20H,1,3-12H2,(H,18,19,21). The molecule has 0 radical (unpaired) electrons. The Balaban J connectivity index is 1.59. The van der Waals surface area contributed by atoms with Crippen molar-refractivity contribution in [1.82, 2.24) is 25.4 Å². The summed E-state index contributed by atoms with van der Waals surface area (Å²) < 4.78 is 0. The molecular weight excluding hydrogens is 274 g/mol. The highest BCUT2D eigenvalue weighted by molar-refractivity contribution is 4.98. The van der Waals surface area contributed by atoms with Crippen molar-refractivity contribution in [3.05, 3.63) is 24.8 Å². The van der Waals surface area contributed by atoms with Gasteiger partial charge in [0.15, 0.2) is 0 Å². The first kappa shape index (κ1) is 15.7. The minimum atomic E-state index is 0.346. The number of hydrogen-bond acceptors (Lipinski definition) is 4. The predicted molar refractivity (Wildman–Crippen MR) is 88.5 cm³/mol. The number of H-pyrrole nitrogens is 1. The Morgan fingerprint density at radius 1 is 1.27 bits per heavy atom. The summed E-state index contributed by atoms with van der Waals surface area (Å²) in [6, 6.07) is 0.942. The van der Waals surface area contributed by atoms with Gasteiger partial charge in [0.2, 0.25) is 0 Å². The zero-order chi connectivity index (χ0) is 15.2. The molecule has 2 aliphatic rings. The summed E-state index contributed by atoms with van der Waals surface area (Å²) in [5, 5.41) is 11.1. The minimum absolute atomic E-state index is 0.346. The van der Waals surface area contributed by atoms with Gasteiger partial charge in [-0.3, -0.25) is 10.00 Å². The van der Waals surface area contributed by atoms with Crippen molar-refractivity contribution in [2.45, 2.75) is 57.0 Å². The van der Waals surface area contributed by atoms with E-state index in [4.69, 9.17) is 0 Å². The van der Waals surface area contributed by atoms with E-state index in [0.29, 0.717) is 18.0 Å². The van der Waals surface area contributed by atoms with Gasteiger partial charge in [0.1, 0.15) is 12.2 Å². The fraction of sp³-hybridized carbons (Fsp3) is 0.765. The molecule has 0 bridgehead atoms. The van der Waals surface area contributed by atoms with Gasteiger partial charge in [-0.1, -0.05) is 25.3 Å². The number of nitrogens with one attached hydrogen (secondary N) is 2. The van der Waals surface area contributed by atoms with Crippen molar-refractivity contribution in [3.8, 4) is 0 Å². The van der Waals surface area contributed by atoms with E-state index in [1.54, 1.807) is 6.33 Å². The van der Waals surface area contributed by atoms with Crippen LogP contribution in [0.5, 0.6) is 0 Å². The summed E-state index contributed by atoms with van der Waals surface area (Å²) >= 11 is 0. The molecule has 0 aromatic carbocycles. The first-order valence-electron chi connectivity index (χ1n) is 8.81. The van der Waals surface area contributed by atoms with Crippen LogP contribution in [0.2, 0.25) is 0 Å². The lowest BCUT2D eigenvalue weighted by Gasteiger charge is -2.36. The van der Waals surface area contributed by atoms with Gasteiger partial charge in [-0.2, -0.15) is 5.10 Å². The summed E-state index contributed by atoms with van der Waals surface area (Å²) in [6.45, 7) is 7.18. The Labute approximate surface area is 133 Å². The van der Waals surface area contributed by atoms with Gasteiger partial charge in [0, 0.05) is 12.6 Å². The molecule has 5 heteroatoms. The number of aromatic nitrogens is 3. The Kier molecular flexibility index (Phi) is 5.62. The van der Waals surface area contributed by atoms with Crippen molar-refractivity contribution in [3.63, 3.8) is 0 Å². The van der Waals surface area contributed by atoms with Crippen LogP contribution in [0.25, 0.3) is 0 Å². The Morgan fingerprint density at radius 3 is 2.68 bits per heavy atom. The maximum Gasteiger partial charge on any atom is 0.141 e. The number of rotatable bonds is 6. The molecule has 1 aromatic rings. The smallest absolute Gasteiger partial charge is 0.141 e. The summed E-state index contributed by atoms with van der Waals surface area (Å²) in [7, 11) is 0. The van der Waals surface area contributed by atoms with Crippen LogP contribution in [0.15, 0.2) is 19.0 Å². The number of likely N-dealkylation sites (tertiary alicyclic amines) is 1. The molecule has 2 fully saturated rings. The van der Waals surface area contributed by atoms with Crippen molar-refractivity contribution in [2.75, 3.05) is 19.6 Å². The van der Waals surface area contributed by atoms with Crippen LogP contribution in [-0.2, 0) is 0 Å². The molecule has 1 saturated carbocycles. The van der Waals surface area contributed by atoms with Crippen LogP contribution in [0.3, 0.4) is 0 Å². The quantitative estimate of drug-likeness (QED) is 0.793. The first-order valence-corrected chi connectivity index (χ1v) is 8.81. The van der Waals surface area contributed by atoms with Gasteiger partial charge < -0.3 is 5.32 Å². The van der Waals surface area contributed by atoms with Crippen LogP contribution in [-0.4, -0.2) is 45.8 Å². The third-order valence-corrected chi connectivity index (χ3v) is 5.24. The molecule has 0 amide bonds. The summed E-state index contributed by atoms with van der Waals surface area (Å²) in [5.41, 5.74) is 0. The van der Waals surface area contributed by atoms with E-state index >= 15 is 0 Å². The van der Waals surface area contributed by atoms with E-state index in [2.05, 4.69) is 32.0 Å². The molecule has 0 spiro atoms. The van der Waals surface area contributed by atoms with Gasteiger partial charge in [-0.15, -0.1) is 6.58 Å². The van der Waals surface area contributed by atoms with Crippen LogP contribution in [0.4, 0.5) is 0 Å². The van der Waals surface area contributed by atoms with E-state index in [1.807, 2.05) is 6.08 Å². The maximum atomic E-state index is 4.45. The van der Waals surface area contributed by atoms with Gasteiger partial charge in [-0.05, 0) is 44.7 Å². The molecule has 1 atom stereocenters. The van der Waals surface area contributed by atoms with E-state index in [9.17, 15) is 0 Å². The second-order valence-electron chi connectivity index (χ2n) is 6.78. The van der Waals surface area contributed by atoms with Crippen LogP contribution < -0.4 is 5.32 Å². The Morgan fingerprint density at radius 2 is 2.05 bits per heavy atom. The summed E-state index contributed by atoms with van der Waals surface area (Å²) in [4.78, 5) is 6.93. The summed E-state index contributed by atoms with van der Waals surface area (Å²) in [5.74, 6) is 1.73. The Bertz CT molecular complexity index is 430. The number of piperidine rings is 1. The largest absolute Gasteiger partial charge is 0.304 e. The molecule has 1 unspecified atom stereocenters. The van der Waals surface area contributed by atoms with Gasteiger partial charge in [0.05, 0.1) is 6.04 Å². The van der Waals surface area contributed by atoms with Crippen LogP contribution in [0, 0.1) is 5.92 Å². The molecular formula is C17H29N5. The van der Waals surface area contributed by atoms with E-state index in [-0.39, 0.29) is 0 Å². The second kappa shape index (κ2) is 7.88. The maximum absolute atomic E-state index is 4.45. The average Bonchev–Trinajstić information content (AvgIpc) is 3.09. The molecule has 22 heavy (non-hydrogen) atoms. The zero-order valence-corrected chi connectivity index (χ0v) is 13.5. The third kappa shape index (κ3) is 3.96. The number of hydrogen-bond donors (Lipinski definition) is 2. The molecule has 1 aliphatic carbocycles. The topological polar surface area (TPSA) is 56.8 Å². The number of aromatic amines is 1. The van der Waals surface area contributed by atoms with Crippen molar-refractivity contribution < 1.29 is 0 Å². The third-order valence-electron chi connectivity index (χ3n) is 5.24. The fourth-order valence-electron chi connectivity index (χ4n) is 3.99. The lowest BCUT2D eigenvalue weighted by atomic mass is 9.83. The van der Waals surface area contributed by atoms with Gasteiger partial charge >= 0.3 is 0 Å². The Hall–Kier alpha value is -1.20. The van der Waals surface area contributed by atoms with E-state index in [1.165, 1.54) is 44.9 Å². The van der Waals surface area contributed by atoms with Gasteiger partial charge in [-0.25, -0.2) is 4.98 Å². The first-order chi connectivity index (χ1) is 10.9. The molecule has 5 nitrogen and oxygen atoms in total. The molecule has 3 rings (SSSR count). The van der Waals surface area contributed by atoms with E-state index < -0.39 is 0 Å². The second-order valence-corrected chi connectivity index (χ2v) is 6.78. The zero-order valence-electron chi connectivity index (χ0n) is 13.5. The normalized spacial score (nSPS) is 23.5. The highest BCUT2D eigenvalue weighted by Gasteiger charge is 2.30. The molecule has 1 saturated heterocycles. The SMILES string of the molecule is C=CCN1CCC(NC(c2ncn[nH]2)C2CCCCC2)CC1. The van der Waals surface area contributed by atoms with Crippen molar-refractivity contribution >= 4 is 0 Å². The number of nitrogens with zero attached hydrogens (tertiary/aromatic N) is 3. The van der Waals surface area contributed by atoms with Crippen LogP contribution in [0.1, 0.15) is 56.8 Å². The van der Waals surface area contributed by atoms with E-state index in [0.717, 1.165) is 25.5 Å². The lowest BCUT2D eigenvalue weighted by molar-refractivity contribution is 0.180. The van der Waals surface area contributed by atoms with Crippen molar-refractivity contribution in [2.24, 2.45) is 5.92 Å². The van der Waals surface area contributed by atoms with Gasteiger partial charge in [0.25, 0.3) is 0 Å². The highest BCUT2D eigenvalue weighted by Crippen LogP contribution is 2.34. The van der Waals surface area contributed by atoms with Crippen LogP contribution >= 0.6 is 0 Å². The predicted octanol–water partition coefficient (Wildman–Crippen LogP) is 2.67. The fourth-order valence-corrected chi connectivity index (χ4v) is 3.99. The monoisotopic (exact) mass is 303 g/mol. The minimum Gasteiger partial charge on any atom is -0.304 e. The molecule has 1 aliphatic heterocycles. The lowest BCUT2D eigenvalue weighted by Crippen LogP contribution is -2.45. The average molecular weight is 303 g/mol. The summed E-state index contributed by atoms with van der Waals surface area (Å²) in [6.07, 6.45) is 12.8. The van der Waals surface area contributed by atoms with Crippen molar-refractivity contribution in [1.29, 1.82) is 0 Å². The molecule has 2 heterocycles.